The minimum atomic E-state index is -0.00948. The molecular formula is C20H35IN4O3S. The molecule has 1 fully saturated rings. The first-order valence-electron chi connectivity index (χ1n) is 10.3. The molecule has 0 bridgehead atoms. The van der Waals surface area contributed by atoms with Gasteiger partial charge in [-0.3, -0.25) is 9.79 Å². The van der Waals surface area contributed by atoms with Crippen LogP contribution in [0.1, 0.15) is 42.3 Å². The van der Waals surface area contributed by atoms with Crippen molar-refractivity contribution in [3.8, 4) is 0 Å². The molecule has 2 heterocycles. The van der Waals surface area contributed by atoms with Crippen LogP contribution in [0.25, 0.3) is 0 Å². The molecular weight excluding hydrogens is 503 g/mol. The van der Waals surface area contributed by atoms with Gasteiger partial charge in [-0.1, -0.05) is 6.07 Å². The number of thiophene rings is 1. The lowest BCUT2D eigenvalue weighted by atomic mass is 10.0. The summed E-state index contributed by atoms with van der Waals surface area (Å²) in [4.78, 5) is 17.2. The maximum absolute atomic E-state index is 11.9. The van der Waals surface area contributed by atoms with Gasteiger partial charge in [0.05, 0.1) is 4.88 Å². The lowest BCUT2D eigenvalue weighted by molar-refractivity contribution is 0.0203. The van der Waals surface area contributed by atoms with Gasteiger partial charge in [0.25, 0.3) is 5.91 Å². The summed E-state index contributed by atoms with van der Waals surface area (Å²) in [5.74, 6) is 1.46. The van der Waals surface area contributed by atoms with Crippen molar-refractivity contribution >= 4 is 47.2 Å². The summed E-state index contributed by atoms with van der Waals surface area (Å²) in [6, 6.07) is 3.72. The molecule has 3 N–H and O–H groups in total. The van der Waals surface area contributed by atoms with Crippen molar-refractivity contribution in [1.82, 2.24) is 16.0 Å². The van der Waals surface area contributed by atoms with Gasteiger partial charge < -0.3 is 25.4 Å². The lowest BCUT2D eigenvalue weighted by Gasteiger charge is -2.21. The number of ether oxygens (including phenoxy) is 2. The number of hydrogen-bond donors (Lipinski definition) is 3. The van der Waals surface area contributed by atoms with Crippen LogP contribution in [-0.4, -0.2) is 64.5 Å². The minimum absolute atomic E-state index is 0. The third-order valence-corrected chi connectivity index (χ3v) is 5.30. The van der Waals surface area contributed by atoms with Crippen LogP contribution in [0.15, 0.2) is 22.5 Å². The predicted molar refractivity (Wildman–Crippen MR) is 130 cm³/mol. The van der Waals surface area contributed by atoms with E-state index in [9.17, 15) is 4.79 Å². The first-order chi connectivity index (χ1) is 13.8. The Morgan fingerprint density at radius 1 is 1.24 bits per heavy atom. The Morgan fingerprint density at radius 3 is 2.76 bits per heavy atom. The Morgan fingerprint density at radius 2 is 2.03 bits per heavy atom. The normalized spacial score (nSPS) is 14.9. The number of nitrogens with zero attached hydrogens (tertiary/aromatic N) is 1. The minimum Gasteiger partial charge on any atom is -0.381 e. The van der Waals surface area contributed by atoms with E-state index in [2.05, 4.69) is 27.9 Å². The molecule has 1 aliphatic heterocycles. The molecule has 29 heavy (non-hydrogen) atoms. The van der Waals surface area contributed by atoms with Crippen molar-refractivity contribution in [3.05, 3.63) is 22.4 Å². The van der Waals surface area contributed by atoms with Crippen molar-refractivity contribution in [2.24, 2.45) is 10.9 Å². The van der Waals surface area contributed by atoms with E-state index in [1.165, 1.54) is 11.3 Å². The standard InChI is InChI=1S/C20H34N4O3S.HI/c1-2-21-20(23-10-4-9-22-19(25)18-6-3-15-28-18)24-11-5-12-27-16-17-7-13-26-14-8-17;/h3,6,15,17H,2,4-5,7-14,16H2,1H3,(H,22,25)(H2,21,23,24);1H. The summed E-state index contributed by atoms with van der Waals surface area (Å²) < 4.78 is 11.1. The number of amides is 1. The van der Waals surface area contributed by atoms with E-state index in [0.29, 0.717) is 19.0 Å². The molecule has 2 rings (SSSR count). The van der Waals surface area contributed by atoms with E-state index >= 15 is 0 Å². The summed E-state index contributed by atoms with van der Waals surface area (Å²) in [6.45, 7) is 8.34. The SMILES string of the molecule is CCNC(=NCCCNC(=O)c1cccs1)NCCCOCC1CCOCC1.I. The fraction of sp³-hybridized carbons (Fsp3) is 0.700. The highest BCUT2D eigenvalue weighted by atomic mass is 127. The molecule has 0 saturated carbocycles. The number of hydrogen-bond acceptors (Lipinski definition) is 5. The molecule has 7 nitrogen and oxygen atoms in total. The summed E-state index contributed by atoms with van der Waals surface area (Å²) in [5, 5.41) is 11.4. The molecule has 0 spiro atoms. The van der Waals surface area contributed by atoms with Crippen LogP contribution in [0.2, 0.25) is 0 Å². The van der Waals surface area contributed by atoms with Crippen molar-refractivity contribution < 1.29 is 14.3 Å². The number of guanidine groups is 1. The highest BCUT2D eigenvalue weighted by Crippen LogP contribution is 2.14. The lowest BCUT2D eigenvalue weighted by Crippen LogP contribution is -2.38. The summed E-state index contributed by atoms with van der Waals surface area (Å²) in [6.07, 6.45) is 3.99. The first-order valence-corrected chi connectivity index (χ1v) is 11.2. The molecule has 0 aliphatic carbocycles. The van der Waals surface area contributed by atoms with Crippen molar-refractivity contribution in [1.29, 1.82) is 0 Å². The molecule has 0 atom stereocenters. The van der Waals surface area contributed by atoms with E-state index in [-0.39, 0.29) is 29.9 Å². The predicted octanol–water partition coefficient (Wildman–Crippen LogP) is 2.87. The second kappa shape index (κ2) is 16.8. The number of aliphatic imine (C=N–C) groups is 1. The van der Waals surface area contributed by atoms with E-state index in [4.69, 9.17) is 9.47 Å². The summed E-state index contributed by atoms with van der Waals surface area (Å²) in [5.41, 5.74) is 0. The first kappa shape index (κ1) is 26.1. The highest BCUT2D eigenvalue weighted by Gasteiger charge is 2.13. The summed E-state index contributed by atoms with van der Waals surface area (Å²) in [7, 11) is 0. The van der Waals surface area contributed by atoms with Gasteiger partial charge in [-0.2, -0.15) is 0 Å². The average molecular weight is 538 g/mol. The number of carbonyl (C=O) groups is 1. The van der Waals surface area contributed by atoms with Gasteiger partial charge in [-0.05, 0) is 50.0 Å². The third-order valence-electron chi connectivity index (χ3n) is 4.43. The second-order valence-corrected chi connectivity index (χ2v) is 7.71. The van der Waals surface area contributed by atoms with Crippen LogP contribution in [-0.2, 0) is 9.47 Å². The van der Waals surface area contributed by atoms with Crippen LogP contribution in [0.5, 0.6) is 0 Å². The van der Waals surface area contributed by atoms with Crippen molar-refractivity contribution in [2.75, 3.05) is 52.6 Å². The number of rotatable bonds is 12. The number of halogens is 1. The van der Waals surface area contributed by atoms with Crippen molar-refractivity contribution in [3.63, 3.8) is 0 Å². The molecule has 0 unspecified atom stereocenters. The van der Waals surface area contributed by atoms with E-state index < -0.39 is 0 Å². The van der Waals surface area contributed by atoms with Crippen LogP contribution < -0.4 is 16.0 Å². The molecule has 1 amide bonds. The maximum Gasteiger partial charge on any atom is 0.261 e. The molecule has 1 aromatic heterocycles. The molecule has 0 aromatic carbocycles. The Balaban J connectivity index is 0.00000420. The van der Waals surface area contributed by atoms with Gasteiger partial charge in [-0.15, -0.1) is 35.3 Å². The molecule has 1 saturated heterocycles. The molecule has 0 radical (unpaired) electrons. The van der Waals surface area contributed by atoms with E-state index in [1.54, 1.807) is 0 Å². The third kappa shape index (κ3) is 11.8. The van der Waals surface area contributed by atoms with Crippen LogP contribution in [0.4, 0.5) is 0 Å². The van der Waals surface area contributed by atoms with Crippen LogP contribution in [0.3, 0.4) is 0 Å². The quantitative estimate of drug-likeness (QED) is 0.165. The summed E-state index contributed by atoms with van der Waals surface area (Å²) >= 11 is 1.45. The smallest absolute Gasteiger partial charge is 0.261 e. The Hall–Kier alpha value is -0.910. The zero-order chi connectivity index (χ0) is 19.9. The fourth-order valence-electron chi connectivity index (χ4n) is 2.85. The zero-order valence-electron chi connectivity index (χ0n) is 17.3. The van der Waals surface area contributed by atoms with Gasteiger partial charge in [0.1, 0.15) is 0 Å². The van der Waals surface area contributed by atoms with E-state index in [0.717, 1.165) is 76.0 Å². The second-order valence-electron chi connectivity index (χ2n) is 6.76. The average Bonchev–Trinajstić information content (AvgIpc) is 3.26. The number of nitrogens with one attached hydrogen (secondary N) is 3. The van der Waals surface area contributed by atoms with Gasteiger partial charge in [0, 0.05) is 52.6 Å². The zero-order valence-corrected chi connectivity index (χ0v) is 20.4. The molecule has 1 aromatic rings. The molecule has 1 aliphatic rings. The van der Waals surface area contributed by atoms with E-state index in [1.807, 2.05) is 17.5 Å². The monoisotopic (exact) mass is 538 g/mol. The Bertz CT molecular complexity index is 566. The van der Waals surface area contributed by atoms with Crippen LogP contribution in [0, 0.1) is 5.92 Å². The van der Waals surface area contributed by atoms with Crippen LogP contribution >= 0.6 is 35.3 Å². The van der Waals surface area contributed by atoms with Gasteiger partial charge in [0.2, 0.25) is 0 Å². The van der Waals surface area contributed by atoms with Gasteiger partial charge >= 0.3 is 0 Å². The van der Waals surface area contributed by atoms with Crippen molar-refractivity contribution in [2.45, 2.75) is 32.6 Å². The Labute approximate surface area is 195 Å². The molecule has 166 valence electrons. The highest BCUT2D eigenvalue weighted by molar-refractivity contribution is 14.0. The number of carbonyl (C=O) groups excluding carboxylic acids is 1. The molecule has 9 heteroatoms. The fourth-order valence-corrected chi connectivity index (χ4v) is 3.49. The van der Waals surface area contributed by atoms with Gasteiger partial charge in [0.15, 0.2) is 5.96 Å². The maximum atomic E-state index is 11.9. The van der Waals surface area contributed by atoms with Gasteiger partial charge in [-0.25, -0.2) is 0 Å². The largest absolute Gasteiger partial charge is 0.381 e. The Kier molecular flexibility index (Phi) is 15.2. The topological polar surface area (TPSA) is 84.0 Å².